The van der Waals surface area contributed by atoms with E-state index in [-0.39, 0.29) is 0 Å². The molecule has 1 rings (SSSR count). The second-order valence-corrected chi connectivity index (χ2v) is 3.62. The molecule has 1 aromatic rings. The number of aliphatic hydroxyl groups is 1. The monoisotopic (exact) mass is 246 g/mol. The summed E-state index contributed by atoms with van der Waals surface area (Å²) in [6.45, 7) is 2.43. The van der Waals surface area contributed by atoms with Gasteiger partial charge in [-0.05, 0) is 13.8 Å². The molecule has 0 aliphatic heterocycles. The van der Waals surface area contributed by atoms with Gasteiger partial charge in [0.1, 0.15) is 12.4 Å². The van der Waals surface area contributed by atoms with Crippen molar-refractivity contribution in [3.8, 4) is 0 Å². The predicted molar refractivity (Wildman–Crippen MR) is 61.5 cm³/mol. The van der Waals surface area contributed by atoms with Crippen LogP contribution in [0.1, 0.15) is 12.6 Å². The van der Waals surface area contributed by atoms with Gasteiger partial charge in [-0.2, -0.15) is 4.98 Å². The molecule has 17 heavy (non-hydrogen) atoms. The maximum atomic E-state index is 12.8. The Kier molecular flexibility index (Phi) is 4.56. The average Bonchev–Trinajstić information content (AvgIpc) is 2.26. The van der Waals surface area contributed by atoms with Crippen LogP contribution in [0.3, 0.4) is 0 Å². The first kappa shape index (κ1) is 13.6. The lowest BCUT2D eigenvalue weighted by atomic mass is 10.3. The highest BCUT2D eigenvalue weighted by Gasteiger charge is 2.27. The Labute approximate surface area is 98.3 Å². The summed E-state index contributed by atoms with van der Waals surface area (Å²) in [4.78, 5) is 8.10. The molecular weight excluding hydrogens is 230 g/mol. The van der Waals surface area contributed by atoms with E-state index in [2.05, 4.69) is 20.6 Å². The lowest BCUT2D eigenvalue weighted by molar-refractivity contribution is -0.0373. The van der Waals surface area contributed by atoms with E-state index in [0.29, 0.717) is 24.0 Å². The molecule has 0 atom stereocenters. The molecule has 0 aliphatic rings. The Bertz CT molecular complexity index is 373. The Balaban J connectivity index is 2.70. The number of nitrogens with zero attached hydrogens (tertiary/aromatic N) is 2. The van der Waals surface area contributed by atoms with E-state index in [4.69, 9.17) is 5.11 Å². The molecule has 0 fully saturated rings. The number of nitrogens with one attached hydrogen (secondary N) is 2. The van der Waals surface area contributed by atoms with Gasteiger partial charge in [0, 0.05) is 18.3 Å². The summed E-state index contributed by atoms with van der Waals surface area (Å²) in [6.07, 6.45) is 0. The maximum Gasteiger partial charge on any atom is 0.287 e. The van der Waals surface area contributed by atoms with Crippen molar-refractivity contribution in [1.29, 1.82) is 0 Å². The molecule has 1 aromatic heterocycles. The van der Waals surface area contributed by atoms with E-state index in [1.165, 1.54) is 0 Å². The van der Waals surface area contributed by atoms with Gasteiger partial charge in [0.15, 0.2) is 0 Å². The molecule has 0 bridgehead atoms. The first-order chi connectivity index (χ1) is 7.96. The molecule has 96 valence electrons. The van der Waals surface area contributed by atoms with Gasteiger partial charge in [0.25, 0.3) is 5.92 Å². The molecule has 0 spiro atoms. The molecular formula is C10H16F2N4O. The van der Waals surface area contributed by atoms with Gasteiger partial charge in [-0.15, -0.1) is 0 Å². The van der Waals surface area contributed by atoms with Crippen LogP contribution < -0.4 is 10.6 Å². The molecule has 0 aromatic carbocycles. The van der Waals surface area contributed by atoms with Crippen LogP contribution in [0.25, 0.3) is 0 Å². The number of aliphatic hydroxyl groups excluding tert-OH is 1. The number of hydrogen-bond donors (Lipinski definition) is 3. The summed E-state index contributed by atoms with van der Waals surface area (Å²) in [5.41, 5.74) is 0.672. The highest BCUT2D eigenvalue weighted by atomic mass is 19.3. The molecule has 0 radical (unpaired) electrons. The van der Waals surface area contributed by atoms with Gasteiger partial charge in [-0.25, -0.2) is 13.8 Å². The van der Waals surface area contributed by atoms with Crippen molar-refractivity contribution in [2.45, 2.75) is 19.8 Å². The summed E-state index contributed by atoms with van der Waals surface area (Å²) in [5.74, 6) is -2.46. The number of anilines is 2. The van der Waals surface area contributed by atoms with Crippen LogP contribution >= 0.6 is 0 Å². The van der Waals surface area contributed by atoms with Crippen LogP contribution in [0, 0.1) is 6.92 Å². The van der Waals surface area contributed by atoms with Crippen molar-refractivity contribution in [3.05, 3.63) is 11.8 Å². The Morgan fingerprint density at radius 3 is 2.65 bits per heavy atom. The lowest BCUT2D eigenvalue weighted by Crippen LogP contribution is -2.31. The van der Waals surface area contributed by atoms with E-state index in [1.807, 2.05) is 6.92 Å². The zero-order chi connectivity index (χ0) is 12.9. The van der Waals surface area contributed by atoms with Gasteiger partial charge in [-0.3, -0.25) is 0 Å². The number of rotatable bonds is 6. The molecule has 1 heterocycles. The van der Waals surface area contributed by atoms with Gasteiger partial charge in [0.05, 0.1) is 6.54 Å². The smallest absolute Gasteiger partial charge is 0.287 e. The zero-order valence-electron chi connectivity index (χ0n) is 9.80. The summed E-state index contributed by atoms with van der Waals surface area (Å²) in [5, 5.41) is 13.8. The summed E-state index contributed by atoms with van der Waals surface area (Å²) < 4.78 is 25.6. The zero-order valence-corrected chi connectivity index (χ0v) is 9.80. The quantitative estimate of drug-likeness (QED) is 0.705. The fraction of sp³-hybridized carbons (Fsp3) is 0.600. The van der Waals surface area contributed by atoms with E-state index in [0.717, 1.165) is 0 Å². The predicted octanol–water partition coefficient (Wildman–Crippen LogP) is 1.26. The van der Waals surface area contributed by atoms with E-state index in [9.17, 15) is 8.78 Å². The fourth-order valence-corrected chi connectivity index (χ4v) is 1.17. The summed E-state index contributed by atoms with van der Waals surface area (Å²) in [7, 11) is 0. The highest BCUT2D eigenvalue weighted by Crippen LogP contribution is 2.15. The van der Waals surface area contributed by atoms with Gasteiger partial charge >= 0.3 is 0 Å². The molecule has 0 aliphatic carbocycles. The SMILES string of the molecule is CCNc1nc(C)cc(NCC(F)(F)CO)n1. The van der Waals surface area contributed by atoms with E-state index < -0.39 is 19.1 Å². The number of aryl methyl sites for hydroxylation is 1. The minimum atomic E-state index is -3.16. The van der Waals surface area contributed by atoms with Gasteiger partial charge < -0.3 is 15.7 Å². The van der Waals surface area contributed by atoms with Crippen LogP contribution in [0.4, 0.5) is 20.5 Å². The summed E-state index contributed by atoms with van der Waals surface area (Å²) in [6, 6.07) is 1.56. The second-order valence-electron chi connectivity index (χ2n) is 3.62. The second kappa shape index (κ2) is 5.72. The lowest BCUT2D eigenvalue weighted by Gasteiger charge is -2.15. The molecule has 0 saturated heterocycles. The number of aromatic nitrogens is 2. The molecule has 7 heteroatoms. The van der Waals surface area contributed by atoms with Crippen LogP contribution in [0.5, 0.6) is 0 Å². The number of alkyl halides is 2. The molecule has 3 N–H and O–H groups in total. The number of halogens is 2. The third-order valence-corrected chi connectivity index (χ3v) is 1.95. The number of hydrogen-bond acceptors (Lipinski definition) is 5. The topological polar surface area (TPSA) is 70.1 Å². The molecule has 5 nitrogen and oxygen atoms in total. The Morgan fingerprint density at radius 1 is 1.35 bits per heavy atom. The first-order valence-electron chi connectivity index (χ1n) is 5.29. The third-order valence-electron chi connectivity index (χ3n) is 1.95. The van der Waals surface area contributed by atoms with E-state index >= 15 is 0 Å². The minimum Gasteiger partial charge on any atom is -0.390 e. The average molecular weight is 246 g/mol. The molecule has 0 unspecified atom stereocenters. The van der Waals surface area contributed by atoms with Crippen molar-refractivity contribution >= 4 is 11.8 Å². The van der Waals surface area contributed by atoms with Crippen LogP contribution in [-0.2, 0) is 0 Å². The molecule has 0 amide bonds. The largest absolute Gasteiger partial charge is 0.390 e. The van der Waals surface area contributed by atoms with Gasteiger partial charge in [0.2, 0.25) is 5.95 Å². The fourth-order valence-electron chi connectivity index (χ4n) is 1.17. The third kappa shape index (κ3) is 4.48. The van der Waals surface area contributed by atoms with Gasteiger partial charge in [-0.1, -0.05) is 0 Å². The van der Waals surface area contributed by atoms with Crippen molar-refractivity contribution in [1.82, 2.24) is 9.97 Å². The molecule has 0 saturated carbocycles. The van der Waals surface area contributed by atoms with Crippen molar-refractivity contribution < 1.29 is 13.9 Å². The minimum absolute atomic E-state index is 0.307. The Hall–Kier alpha value is -1.50. The van der Waals surface area contributed by atoms with Crippen molar-refractivity contribution in [3.63, 3.8) is 0 Å². The van der Waals surface area contributed by atoms with Crippen LogP contribution in [-0.4, -0.2) is 40.7 Å². The van der Waals surface area contributed by atoms with Crippen molar-refractivity contribution in [2.75, 3.05) is 30.3 Å². The van der Waals surface area contributed by atoms with Crippen molar-refractivity contribution in [2.24, 2.45) is 0 Å². The van der Waals surface area contributed by atoms with Crippen LogP contribution in [0.15, 0.2) is 6.07 Å². The maximum absolute atomic E-state index is 12.8. The summed E-state index contributed by atoms with van der Waals surface area (Å²) >= 11 is 0. The normalized spacial score (nSPS) is 11.4. The standard InChI is InChI=1S/C10H16F2N4O/c1-3-13-9-15-7(2)4-8(16-9)14-5-10(11,12)6-17/h4,17H,3,5-6H2,1-2H3,(H2,13,14,15,16). The first-order valence-corrected chi connectivity index (χ1v) is 5.29. The Morgan fingerprint density at radius 2 is 2.06 bits per heavy atom. The van der Waals surface area contributed by atoms with Crippen LogP contribution in [0.2, 0.25) is 0 Å². The van der Waals surface area contributed by atoms with E-state index in [1.54, 1.807) is 13.0 Å². The highest BCUT2D eigenvalue weighted by molar-refractivity contribution is 5.42.